The maximum Gasteiger partial charge on any atom is 0.232 e. The molecule has 0 saturated carbocycles. The molecule has 0 aromatic heterocycles. The lowest BCUT2D eigenvalue weighted by Gasteiger charge is -2.24. The molecule has 0 bridgehead atoms. The first-order valence-electron chi connectivity index (χ1n) is 7.36. The molecule has 128 valence electrons. The zero-order valence-electron chi connectivity index (χ0n) is 13.5. The molecule has 7 heteroatoms. The second kappa shape index (κ2) is 7.68. The van der Waals surface area contributed by atoms with Crippen molar-refractivity contribution >= 4 is 38.9 Å². The van der Waals surface area contributed by atoms with Crippen LogP contribution in [0.25, 0.3) is 0 Å². The fraction of sp³-hybridized carbons (Fsp3) is 0.235. The van der Waals surface area contributed by atoms with Gasteiger partial charge in [0.15, 0.2) is 0 Å². The molecule has 0 saturated heterocycles. The Labute approximate surface area is 147 Å². The molecular formula is C17H19ClN2O3S. The highest BCUT2D eigenvalue weighted by Crippen LogP contribution is 2.25. The van der Waals surface area contributed by atoms with Gasteiger partial charge in [-0.25, -0.2) is 8.42 Å². The highest BCUT2D eigenvalue weighted by molar-refractivity contribution is 7.92. The normalized spacial score (nSPS) is 11.1. The fourth-order valence-electron chi connectivity index (χ4n) is 2.31. The van der Waals surface area contributed by atoms with Crippen LogP contribution in [0.2, 0.25) is 5.02 Å². The number of halogens is 1. The lowest BCUT2D eigenvalue weighted by molar-refractivity contribution is -0.116. The third-order valence-corrected chi connectivity index (χ3v) is 4.84. The van der Waals surface area contributed by atoms with E-state index in [9.17, 15) is 13.2 Å². The van der Waals surface area contributed by atoms with E-state index in [0.717, 1.165) is 11.8 Å². The summed E-state index contributed by atoms with van der Waals surface area (Å²) in [5.41, 5.74) is 1.93. The molecule has 0 fully saturated rings. The van der Waals surface area contributed by atoms with E-state index in [1.165, 1.54) is 4.31 Å². The van der Waals surface area contributed by atoms with Crippen LogP contribution in [0.3, 0.4) is 0 Å². The molecule has 5 nitrogen and oxygen atoms in total. The van der Waals surface area contributed by atoms with Crippen molar-refractivity contribution in [2.24, 2.45) is 0 Å². The Morgan fingerprint density at radius 3 is 2.42 bits per heavy atom. The number of rotatable bonds is 6. The second-order valence-corrected chi connectivity index (χ2v) is 7.77. The lowest BCUT2D eigenvalue weighted by Crippen LogP contribution is -2.33. The average molecular weight is 367 g/mol. The van der Waals surface area contributed by atoms with Crippen molar-refractivity contribution in [3.8, 4) is 0 Å². The molecule has 0 heterocycles. The van der Waals surface area contributed by atoms with Crippen LogP contribution in [0.1, 0.15) is 12.0 Å². The van der Waals surface area contributed by atoms with E-state index in [1.54, 1.807) is 37.3 Å². The van der Waals surface area contributed by atoms with Crippen LogP contribution in [0.5, 0.6) is 0 Å². The Morgan fingerprint density at radius 2 is 1.83 bits per heavy atom. The third-order valence-electron chi connectivity index (χ3n) is 3.43. The van der Waals surface area contributed by atoms with Gasteiger partial charge in [0.1, 0.15) is 0 Å². The number of carbonyl (C=O) groups excluding carboxylic acids is 1. The summed E-state index contributed by atoms with van der Waals surface area (Å²) in [6.07, 6.45) is 1.17. The molecule has 0 aliphatic carbocycles. The minimum atomic E-state index is -3.51. The molecule has 2 rings (SSSR count). The molecule has 1 amide bonds. The first-order chi connectivity index (χ1) is 11.3. The predicted octanol–water partition coefficient (Wildman–Crippen LogP) is 3.44. The average Bonchev–Trinajstić information content (AvgIpc) is 2.49. The summed E-state index contributed by atoms with van der Waals surface area (Å²) < 4.78 is 25.4. The maximum absolute atomic E-state index is 12.1. The molecule has 0 aliphatic rings. The number of nitrogens with zero attached hydrogens (tertiary/aromatic N) is 1. The summed E-state index contributed by atoms with van der Waals surface area (Å²) in [5.74, 6) is -0.249. The number of nitrogens with one attached hydrogen (secondary N) is 1. The Bertz CT molecular complexity index is 823. The fourth-order valence-corrected chi connectivity index (χ4v) is 3.52. The third kappa shape index (κ3) is 4.97. The van der Waals surface area contributed by atoms with E-state index >= 15 is 0 Å². The van der Waals surface area contributed by atoms with Gasteiger partial charge in [-0.1, -0.05) is 29.8 Å². The van der Waals surface area contributed by atoms with Crippen molar-refractivity contribution in [2.75, 3.05) is 22.4 Å². The maximum atomic E-state index is 12.1. The summed E-state index contributed by atoms with van der Waals surface area (Å²) in [6, 6.07) is 14.0. The number of anilines is 2. The molecular weight excluding hydrogens is 348 g/mol. The summed E-state index contributed by atoms with van der Waals surface area (Å²) in [5, 5.41) is 3.28. The number of aryl methyl sites for hydroxylation is 1. The number of benzene rings is 2. The first kappa shape index (κ1) is 18.3. The minimum absolute atomic E-state index is 0.0457. The predicted molar refractivity (Wildman–Crippen MR) is 98.1 cm³/mol. The summed E-state index contributed by atoms with van der Waals surface area (Å²) in [4.78, 5) is 12.1. The zero-order valence-corrected chi connectivity index (χ0v) is 15.1. The summed E-state index contributed by atoms with van der Waals surface area (Å²) >= 11 is 5.92. The molecule has 0 unspecified atom stereocenters. The zero-order chi connectivity index (χ0) is 17.7. The van der Waals surface area contributed by atoms with Crippen molar-refractivity contribution in [1.82, 2.24) is 0 Å². The molecule has 2 aromatic carbocycles. The smallest absolute Gasteiger partial charge is 0.232 e. The van der Waals surface area contributed by atoms with Crippen LogP contribution in [-0.4, -0.2) is 27.1 Å². The quantitative estimate of drug-likeness (QED) is 0.851. The van der Waals surface area contributed by atoms with E-state index in [1.807, 2.05) is 18.2 Å². The van der Waals surface area contributed by atoms with Crippen molar-refractivity contribution in [2.45, 2.75) is 13.3 Å². The van der Waals surface area contributed by atoms with E-state index in [4.69, 9.17) is 11.6 Å². The van der Waals surface area contributed by atoms with Crippen molar-refractivity contribution in [3.63, 3.8) is 0 Å². The van der Waals surface area contributed by atoms with Gasteiger partial charge in [0.05, 0.1) is 11.9 Å². The van der Waals surface area contributed by atoms with Gasteiger partial charge >= 0.3 is 0 Å². The van der Waals surface area contributed by atoms with Gasteiger partial charge in [0.2, 0.25) is 15.9 Å². The Balaban J connectivity index is 2.11. The Kier molecular flexibility index (Phi) is 5.85. The number of hydrogen-bond acceptors (Lipinski definition) is 3. The number of hydrogen-bond donors (Lipinski definition) is 1. The van der Waals surface area contributed by atoms with Crippen LogP contribution in [-0.2, 0) is 14.8 Å². The monoisotopic (exact) mass is 366 g/mol. The Hall–Kier alpha value is -2.05. The first-order valence-corrected chi connectivity index (χ1v) is 9.59. The molecule has 24 heavy (non-hydrogen) atoms. The number of amides is 1. The van der Waals surface area contributed by atoms with Crippen LogP contribution in [0.4, 0.5) is 11.4 Å². The van der Waals surface area contributed by atoms with Crippen LogP contribution >= 0.6 is 11.6 Å². The second-order valence-electron chi connectivity index (χ2n) is 5.43. The van der Waals surface area contributed by atoms with E-state index < -0.39 is 10.0 Å². The van der Waals surface area contributed by atoms with Crippen LogP contribution in [0.15, 0.2) is 48.5 Å². The molecule has 0 atom stereocenters. The molecule has 1 N–H and O–H groups in total. The summed E-state index contributed by atoms with van der Waals surface area (Å²) in [6.45, 7) is 1.84. The van der Waals surface area contributed by atoms with Gasteiger partial charge < -0.3 is 5.32 Å². The van der Waals surface area contributed by atoms with E-state index in [-0.39, 0.29) is 18.9 Å². The molecule has 0 aliphatic heterocycles. The van der Waals surface area contributed by atoms with Crippen LogP contribution in [0, 0.1) is 6.92 Å². The lowest BCUT2D eigenvalue weighted by atomic mass is 10.2. The largest absolute Gasteiger partial charge is 0.326 e. The molecule has 0 spiro atoms. The van der Waals surface area contributed by atoms with Gasteiger partial charge in [-0.15, -0.1) is 0 Å². The summed E-state index contributed by atoms with van der Waals surface area (Å²) in [7, 11) is -3.51. The minimum Gasteiger partial charge on any atom is -0.326 e. The van der Waals surface area contributed by atoms with Gasteiger partial charge in [-0.3, -0.25) is 9.10 Å². The van der Waals surface area contributed by atoms with Gasteiger partial charge in [-0.05, 0) is 42.8 Å². The standard InChI is InChI=1S/C17H19ClN2O3S/c1-13-12-14(18)8-9-16(13)20(24(2,22)23)11-10-17(21)19-15-6-4-3-5-7-15/h3-9,12H,10-11H2,1-2H3,(H,19,21). The number of para-hydroxylation sites is 1. The Morgan fingerprint density at radius 1 is 1.17 bits per heavy atom. The highest BCUT2D eigenvalue weighted by Gasteiger charge is 2.20. The molecule has 2 aromatic rings. The van der Waals surface area contributed by atoms with Crippen molar-refractivity contribution < 1.29 is 13.2 Å². The SMILES string of the molecule is Cc1cc(Cl)ccc1N(CCC(=O)Nc1ccccc1)S(C)(=O)=O. The van der Waals surface area contributed by atoms with Gasteiger partial charge in [0, 0.05) is 23.7 Å². The van der Waals surface area contributed by atoms with Gasteiger partial charge in [-0.2, -0.15) is 0 Å². The molecule has 0 radical (unpaired) electrons. The number of carbonyl (C=O) groups is 1. The van der Waals surface area contributed by atoms with E-state index in [2.05, 4.69) is 5.32 Å². The number of sulfonamides is 1. The van der Waals surface area contributed by atoms with Crippen LogP contribution < -0.4 is 9.62 Å². The van der Waals surface area contributed by atoms with Gasteiger partial charge in [0.25, 0.3) is 0 Å². The van der Waals surface area contributed by atoms with E-state index in [0.29, 0.717) is 16.4 Å². The topological polar surface area (TPSA) is 66.5 Å². The highest BCUT2D eigenvalue weighted by atomic mass is 35.5. The van der Waals surface area contributed by atoms with Crippen molar-refractivity contribution in [1.29, 1.82) is 0 Å². The van der Waals surface area contributed by atoms with Crippen molar-refractivity contribution in [3.05, 3.63) is 59.1 Å².